The summed E-state index contributed by atoms with van der Waals surface area (Å²) >= 11 is 0. The van der Waals surface area contributed by atoms with Crippen LogP contribution in [0, 0.1) is 5.92 Å². The maximum atomic E-state index is 4.90. The fraction of sp³-hybridized carbons (Fsp3) is 0.786. The molecule has 1 aliphatic rings. The zero-order valence-electron chi connectivity index (χ0n) is 11.7. The van der Waals surface area contributed by atoms with Crippen molar-refractivity contribution in [2.75, 3.05) is 13.1 Å². The number of rotatable bonds is 5. The van der Waals surface area contributed by atoms with Gasteiger partial charge in [0, 0.05) is 31.2 Å². The van der Waals surface area contributed by atoms with Crippen LogP contribution < -0.4 is 5.32 Å². The van der Waals surface area contributed by atoms with Crippen LogP contribution in [0.1, 0.15) is 39.3 Å². The molecule has 0 aliphatic carbocycles. The van der Waals surface area contributed by atoms with Crippen molar-refractivity contribution in [3.63, 3.8) is 0 Å². The van der Waals surface area contributed by atoms with E-state index in [0.29, 0.717) is 18.0 Å². The molecule has 1 aromatic rings. The zero-order chi connectivity index (χ0) is 13.0. The molecule has 1 fully saturated rings. The maximum Gasteiger partial charge on any atom is 0.124 e. The molecule has 1 aromatic heterocycles. The Bertz CT molecular complexity index is 339. The average molecular weight is 251 g/mol. The lowest BCUT2D eigenvalue weighted by atomic mass is 9.87. The van der Waals surface area contributed by atoms with E-state index in [1.807, 2.05) is 6.07 Å². The van der Waals surface area contributed by atoms with Gasteiger partial charge < -0.3 is 9.84 Å². The van der Waals surface area contributed by atoms with Gasteiger partial charge in [-0.05, 0) is 32.2 Å². The Morgan fingerprint density at radius 3 is 3.00 bits per heavy atom. The van der Waals surface area contributed by atoms with Crippen LogP contribution in [0.15, 0.2) is 16.9 Å². The molecular formula is C14H25N3O. The van der Waals surface area contributed by atoms with E-state index in [1.165, 1.54) is 12.8 Å². The summed E-state index contributed by atoms with van der Waals surface area (Å²) in [6, 6.07) is 3.21. The standard InChI is InChI=1S/C14H25N3O/c1-4-7-15-14-5-8-17(12(3)11(14)2)10-13-6-9-18-16-13/h6,9,11-12,14-15H,4-5,7-8,10H2,1-3H3. The van der Waals surface area contributed by atoms with Crippen molar-refractivity contribution >= 4 is 0 Å². The lowest BCUT2D eigenvalue weighted by Crippen LogP contribution is -2.53. The Balaban J connectivity index is 1.89. The SMILES string of the molecule is CCCNC1CCN(Cc2ccon2)C(C)C1C. The smallest absolute Gasteiger partial charge is 0.124 e. The lowest BCUT2D eigenvalue weighted by Gasteiger charge is -2.42. The van der Waals surface area contributed by atoms with Crippen LogP contribution in [0.5, 0.6) is 0 Å². The third-order valence-corrected chi connectivity index (χ3v) is 4.21. The van der Waals surface area contributed by atoms with Gasteiger partial charge >= 0.3 is 0 Å². The van der Waals surface area contributed by atoms with Crippen molar-refractivity contribution in [3.8, 4) is 0 Å². The summed E-state index contributed by atoms with van der Waals surface area (Å²) < 4.78 is 4.90. The fourth-order valence-electron chi connectivity index (χ4n) is 2.81. The summed E-state index contributed by atoms with van der Waals surface area (Å²) in [6.45, 7) is 10.1. The van der Waals surface area contributed by atoms with Crippen LogP contribution in [0.4, 0.5) is 0 Å². The van der Waals surface area contributed by atoms with Crippen molar-refractivity contribution in [2.24, 2.45) is 5.92 Å². The zero-order valence-corrected chi connectivity index (χ0v) is 11.7. The van der Waals surface area contributed by atoms with Crippen molar-refractivity contribution < 1.29 is 4.52 Å². The summed E-state index contributed by atoms with van der Waals surface area (Å²) in [5, 5.41) is 7.68. The molecule has 3 unspecified atom stereocenters. The van der Waals surface area contributed by atoms with E-state index < -0.39 is 0 Å². The van der Waals surface area contributed by atoms with E-state index in [4.69, 9.17) is 4.52 Å². The van der Waals surface area contributed by atoms with E-state index in [-0.39, 0.29) is 0 Å². The minimum absolute atomic E-state index is 0.588. The van der Waals surface area contributed by atoms with Crippen molar-refractivity contribution in [3.05, 3.63) is 18.0 Å². The summed E-state index contributed by atoms with van der Waals surface area (Å²) in [6.07, 6.45) is 4.09. The molecule has 0 saturated carbocycles. The van der Waals surface area contributed by atoms with Gasteiger partial charge in [0.1, 0.15) is 6.26 Å². The molecule has 0 bridgehead atoms. The number of hydrogen-bond acceptors (Lipinski definition) is 4. The van der Waals surface area contributed by atoms with E-state index in [2.05, 4.69) is 36.1 Å². The first-order chi connectivity index (χ1) is 8.72. The summed E-state index contributed by atoms with van der Waals surface area (Å²) in [5.41, 5.74) is 1.04. The molecule has 4 heteroatoms. The number of hydrogen-bond donors (Lipinski definition) is 1. The molecule has 1 saturated heterocycles. The number of nitrogens with one attached hydrogen (secondary N) is 1. The van der Waals surface area contributed by atoms with E-state index in [0.717, 1.165) is 25.3 Å². The monoisotopic (exact) mass is 251 g/mol. The normalized spacial score (nSPS) is 29.6. The van der Waals surface area contributed by atoms with E-state index in [9.17, 15) is 0 Å². The highest BCUT2D eigenvalue weighted by Crippen LogP contribution is 2.24. The number of likely N-dealkylation sites (tertiary alicyclic amines) is 1. The Kier molecular flexibility index (Phi) is 4.78. The van der Waals surface area contributed by atoms with Gasteiger partial charge in [-0.15, -0.1) is 0 Å². The minimum Gasteiger partial charge on any atom is -0.364 e. The molecule has 2 rings (SSSR count). The predicted octanol–water partition coefficient (Wildman–Crippen LogP) is 2.27. The third-order valence-electron chi connectivity index (χ3n) is 4.21. The molecule has 102 valence electrons. The average Bonchev–Trinajstić information content (AvgIpc) is 2.87. The Morgan fingerprint density at radius 2 is 2.33 bits per heavy atom. The molecule has 1 N–H and O–H groups in total. The maximum absolute atomic E-state index is 4.90. The van der Waals surface area contributed by atoms with Crippen molar-refractivity contribution in [1.29, 1.82) is 0 Å². The topological polar surface area (TPSA) is 41.3 Å². The van der Waals surface area contributed by atoms with Gasteiger partial charge in [0.05, 0.1) is 5.69 Å². The Morgan fingerprint density at radius 1 is 1.50 bits per heavy atom. The first kappa shape index (κ1) is 13.6. The first-order valence-electron chi connectivity index (χ1n) is 7.09. The molecule has 0 amide bonds. The number of nitrogens with zero attached hydrogens (tertiary/aromatic N) is 2. The van der Waals surface area contributed by atoms with E-state index >= 15 is 0 Å². The van der Waals surface area contributed by atoms with Crippen molar-refractivity contribution in [2.45, 2.75) is 52.2 Å². The predicted molar refractivity (Wildman–Crippen MR) is 72.2 cm³/mol. The van der Waals surface area contributed by atoms with Gasteiger partial charge in [-0.1, -0.05) is 19.0 Å². The molecule has 2 heterocycles. The second-order valence-corrected chi connectivity index (χ2v) is 5.41. The summed E-state index contributed by atoms with van der Waals surface area (Å²) in [5.74, 6) is 0.678. The van der Waals surface area contributed by atoms with Gasteiger partial charge in [-0.2, -0.15) is 0 Å². The highest BCUT2D eigenvalue weighted by molar-refractivity contribution is 4.98. The third kappa shape index (κ3) is 3.12. The van der Waals surface area contributed by atoms with Crippen LogP contribution in [-0.4, -0.2) is 35.2 Å². The molecule has 0 spiro atoms. The van der Waals surface area contributed by atoms with Gasteiger partial charge in [0.25, 0.3) is 0 Å². The number of piperidine rings is 1. The molecule has 4 nitrogen and oxygen atoms in total. The van der Waals surface area contributed by atoms with Gasteiger partial charge in [0.2, 0.25) is 0 Å². The van der Waals surface area contributed by atoms with Crippen LogP contribution in [0.2, 0.25) is 0 Å². The molecule has 0 aromatic carbocycles. The van der Waals surface area contributed by atoms with Gasteiger partial charge in [-0.25, -0.2) is 0 Å². The molecule has 18 heavy (non-hydrogen) atoms. The highest BCUT2D eigenvalue weighted by Gasteiger charge is 2.32. The van der Waals surface area contributed by atoms with Crippen LogP contribution >= 0.6 is 0 Å². The molecule has 3 atom stereocenters. The van der Waals surface area contributed by atoms with Gasteiger partial charge in [-0.3, -0.25) is 4.90 Å². The fourth-order valence-corrected chi connectivity index (χ4v) is 2.81. The van der Waals surface area contributed by atoms with Crippen LogP contribution in [0.25, 0.3) is 0 Å². The number of aromatic nitrogens is 1. The van der Waals surface area contributed by atoms with Crippen molar-refractivity contribution in [1.82, 2.24) is 15.4 Å². The van der Waals surface area contributed by atoms with E-state index in [1.54, 1.807) is 6.26 Å². The summed E-state index contributed by atoms with van der Waals surface area (Å²) in [4.78, 5) is 2.51. The first-order valence-corrected chi connectivity index (χ1v) is 7.09. The van der Waals surface area contributed by atoms with Crippen LogP contribution in [0.3, 0.4) is 0 Å². The van der Waals surface area contributed by atoms with Crippen LogP contribution in [-0.2, 0) is 6.54 Å². The quantitative estimate of drug-likeness (QED) is 0.871. The molecule has 1 aliphatic heterocycles. The molecular weight excluding hydrogens is 226 g/mol. The summed E-state index contributed by atoms with van der Waals surface area (Å²) in [7, 11) is 0. The Hall–Kier alpha value is -0.870. The second-order valence-electron chi connectivity index (χ2n) is 5.41. The van der Waals surface area contributed by atoms with Gasteiger partial charge in [0.15, 0.2) is 0 Å². The molecule has 0 radical (unpaired) electrons. The largest absolute Gasteiger partial charge is 0.364 e. The Labute approximate surface area is 110 Å². The minimum atomic E-state index is 0.588. The lowest BCUT2D eigenvalue weighted by molar-refractivity contribution is 0.0765. The highest BCUT2D eigenvalue weighted by atomic mass is 16.5. The second kappa shape index (κ2) is 6.34.